The Morgan fingerprint density at radius 2 is 2.11 bits per heavy atom. The van der Waals surface area contributed by atoms with E-state index in [2.05, 4.69) is 31.9 Å². The molecule has 0 saturated carbocycles. The zero-order chi connectivity index (χ0) is 13.8. The minimum Gasteiger partial charge on any atom is -0.369 e. The fraction of sp³-hybridized carbons (Fsp3) is 0.154. The van der Waals surface area contributed by atoms with E-state index >= 15 is 0 Å². The topological polar surface area (TPSA) is 26.3 Å². The third-order valence-corrected chi connectivity index (χ3v) is 4.92. The number of carbonyl (C=O) groups excluding carboxylic acids is 1. The highest BCUT2D eigenvalue weighted by molar-refractivity contribution is 9.12. The number of hydrogen-bond acceptors (Lipinski definition) is 3. The number of rotatable bonds is 5. The van der Waals surface area contributed by atoms with E-state index in [9.17, 15) is 4.79 Å². The van der Waals surface area contributed by atoms with E-state index in [0.29, 0.717) is 17.2 Å². The number of Topliss-reactive ketones (excluding diaryl/α,β-unsaturated/α-hetero) is 1. The molecule has 0 fully saturated rings. The van der Waals surface area contributed by atoms with E-state index in [1.165, 1.54) is 11.3 Å². The maximum atomic E-state index is 11.9. The first-order chi connectivity index (χ1) is 9.06. The molecule has 0 aliphatic carbocycles. The van der Waals surface area contributed by atoms with Gasteiger partial charge in [-0.2, -0.15) is 0 Å². The van der Waals surface area contributed by atoms with Gasteiger partial charge in [0.15, 0.2) is 5.78 Å². The highest BCUT2D eigenvalue weighted by atomic mass is 79.9. The van der Waals surface area contributed by atoms with Crippen LogP contribution >= 0.6 is 54.8 Å². The molecule has 0 aliphatic rings. The Hall–Kier alpha value is -0.200. The second-order valence-corrected chi connectivity index (χ2v) is 7.97. The number of ketones is 1. The van der Waals surface area contributed by atoms with Crippen molar-refractivity contribution in [3.8, 4) is 0 Å². The fourth-order valence-electron chi connectivity index (χ4n) is 1.50. The molecule has 0 atom stereocenters. The molecule has 1 aromatic heterocycles. The lowest BCUT2D eigenvalue weighted by molar-refractivity contribution is 0.0726. The van der Waals surface area contributed by atoms with Crippen LogP contribution in [0.2, 0.25) is 5.02 Å². The van der Waals surface area contributed by atoms with Crippen molar-refractivity contribution in [2.24, 2.45) is 0 Å². The fourth-order valence-corrected chi connectivity index (χ4v) is 4.56. The first-order valence-electron chi connectivity index (χ1n) is 5.36. The van der Waals surface area contributed by atoms with Crippen LogP contribution in [0.25, 0.3) is 0 Å². The molecular weight excluding hydrogens is 415 g/mol. The molecule has 1 heterocycles. The molecule has 0 saturated heterocycles. The molecule has 100 valence electrons. The van der Waals surface area contributed by atoms with Crippen molar-refractivity contribution in [3.05, 3.63) is 54.1 Å². The molecule has 2 aromatic rings. The van der Waals surface area contributed by atoms with E-state index in [1.807, 2.05) is 18.2 Å². The third kappa shape index (κ3) is 4.39. The van der Waals surface area contributed by atoms with Gasteiger partial charge in [-0.05, 0) is 55.6 Å². The number of ether oxygens (including phenoxy) is 1. The Balaban J connectivity index is 1.89. The summed E-state index contributed by atoms with van der Waals surface area (Å²) in [6.07, 6.45) is 0. The van der Waals surface area contributed by atoms with Crippen molar-refractivity contribution in [2.75, 3.05) is 6.61 Å². The first kappa shape index (κ1) is 15.2. The van der Waals surface area contributed by atoms with Gasteiger partial charge in [0, 0.05) is 10.6 Å². The SMILES string of the molecule is O=C(COCc1cccc(Cl)c1)c1cc(Br)sc1Br. The van der Waals surface area contributed by atoms with Gasteiger partial charge < -0.3 is 4.74 Å². The maximum Gasteiger partial charge on any atom is 0.190 e. The van der Waals surface area contributed by atoms with Crippen molar-refractivity contribution in [1.29, 1.82) is 0 Å². The van der Waals surface area contributed by atoms with Gasteiger partial charge in [0.25, 0.3) is 0 Å². The summed E-state index contributed by atoms with van der Waals surface area (Å²) in [5, 5.41) is 0.664. The molecule has 2 nitrogen and oxygen atoms in total. The van der Waals surface area contributed by atoms with Crippen molar-refractivity contribution in [3.63, 3.8) is 0 Å². The van der Waals surface area contributed by atoms with Crippen LogP contribution in [0.5, 0.6) is 0 Å². The minimum absolute atomic E-state index is 0.0455. The van der Waals surface area contributed by atoms with Gasteiger partial charge in [0.2, 0.25) is 0 Å². The Morgan fingerprint density at radius 3 is 2.74 bits per heavy atom. The van der Waals surface area contributed by atoms with E-state index in [-0.39, 0.29) is 12.4 Å². The molecule has 1 aromatic carbocycles. The lowest BCUT2D eigenvalue weighted by Crippen LogP contribution is -2.08. The number of hydrogen-bond donors (Lipinski definition) is 0. The zero-order valence-electron chi connectivity index (χ0n) is 9.66. The third-order valence-electron chi connectivity index (χ3n) is 2.35. The molecule has 0 unspecified atom stereocenters. The molecule has 2 rings (SSSR count). The summed E-state index contributed by atoms with van der Waals surface area (Å²) in [6.45, 7) is 0.420. The minimum atomic E-state index is -0.0455. The van der Waals surface area contributed by atoms with Gasteiger partial charge in [-0.3, -0.25) is 4.79 Å². The van der Waals surface area contributed by atoms with Crippen LogP contribution in [0.1, 0.15) is 15.9 Å². The second kappa shape index (κ2) is 6.99. The van der Waals surface area contributed by atoms with E-state index in [4.69, 9.17) is 16.3 Å². The molecule has 0 aliphatic heterocycles. The molecule has 0 radical (unpaired) electrons. The van der Waals surface area contributed by atoms with Crippen molar-refractivity contribution in [1.82, 2.24) is 0 Å². The monoisotopic (exact) mass is 422 g/mol. The molecule has 0 N–H and O–H groups in total. The van der Waals surface area contributed by atoms with Crippen LogP contribution in [0.3, 0.4) is 0 Å². The summed E-state index contributed by atoms with van der Waals surface area (Å²) in [6, 6.07) is 9.18. The number of benzene rings is 1. The van der Waals surface area contributed by atoms with Crippen molar-refractivity contribution in [2.45, 2.75) is 6.61 Å². The first-order valence-corrected chi connectivity index (χ1v) is 8.14. The summed E-state index contributed by atoms with van der Waals surface area (Å²) >= 11 is 14.0. The number of thiophene rings is 1. The quantitative estimate of drug-likeness (QED) is 0.607. The van der Waals surface area contributed by atoms with Crippen LogP contribution in [0, 0.1) is 0 Å². The highest BCUT2D eigenvalue weighted by Gasteiger charge is 2.13. The predicted molar refractivity (Wildman–Crippen MR) is 85.2 cm³/mol. The predicted octanol–water partition coefficient (Wildman–Crippen LogP) is 5.33. The van der Waals surface area contributed by atoms with E-state index < -0.39 is 0 Å². The van der Waals surface area contributed by atoms with Crippen molar-refractivity contribution >= 4 is 60.6 Å². The van der Waals surface area contributed by atoms with E-state index in [1.54, 1.807) is 12.1 Å². The smallest absolute Gasteiger partial charge is 0.190 e. The largest absolute Gasteiger partial charge is 0.369 e. The average molecular weight is 425 g/mol. The molecule has 0 bridgehead atoms. The van der Waals surface area contributed by atoms with Crippen LogP contribution in [0.15, 0.2) is 37.9 Å². The standard InChI is InChI=1S/C13H9Br2ClO2S/c14-12-5-10(13(15)19-12)11(17)7-18-6-8-2-1-3-9(16)4-8/h1-5H,6-7H2. The number of halogens is 3. The van der Waals surface area contributed by atoms with Gasteiger partial charge in [0.05, 0.1) is 14.2 Å². The summed E-state index contributed by atoms with van der Waals surface area (Å²) in [5.41, 5.74) is 1.59. The second-order valence-electron chi connectivity index (χ2n) is 3.78. The van der Waals surface area contributed by atoms with Gasteiger partial charge in [-0.15, -0.1) is 11.3 Å². The summed E-state index contributed by atoms with van der Waals surface area (Å²) < 4.78 is 7.15. The molecule has 0 spiro atoms. The zero-order valence-corrected chi connectivity index (χ0v) is 14.4. The van der Waals surface area contributed by atoms with Gasteiger partial charge in [-0.1, -0.05) is 23.7 Å². The Bertz CT molecular complexity index is 598. The van der Waals surface area contributed by atoms with Crippen LogP contribution in [-0.2, 0) is 11.3 Å². The van der Waals surface area contributed by atoms with Gasteiger partial charge >= 0.3 is 0 Å². The Labute approximate surface area is 137 Å². The molecule has 6 heteroatoms. The molecular formula is C13H9Br2ClO2S. The molecule has 19 heavy (non-hydrogen) atoms. The lowest BCUT2D eigenvalue weighted by Gasteiger charge is -2.04. The Kier molecular flexibility index (Phi) is 5.59. The molecule has 0 amide bonds. The normalized spacial score (nSPS) is 10.7. The van der Waals surface area contributed by atoms with Crippen molar-refractivity contribution < 1.29 is 9.53 Å². The summed E-state index contributed by atoms with van der Waals surface area (Å²) in [7, 11) is 0. The number of carbonyl (C=O) groups is 1. The van der Waals surface area contributed by atoms with Gasteiger partial charge in [0.1, 0.15) is 6.61 Å². The average Bonchev–Trinajstić information content (AvgIpc) is 2.68. The van der Waals surface area contributed by atoms with E-state index in [0.717, 1.165) is 13.1 Å². The lowest BCUT2D eigenvalue weighted by atomic mass is 10.2. The summed E-state index contributed by atoms with van der Waals surface area (Å²) in [4.78, 5) is 11.9. The van der Waals surface area contributed by atoms with Crippen LogP contribution in [-0.4, -0.2) is 12.4 Å². The van der Waals surface area contributed by atoms with Gasteiger partial charge in [-0.25, -0.2) is 0 Å². The van der Waals surface area contributed by atoms with Crippen LogP contribution < -0.4 is 0 Å². The van der Waals surface area contributed by atoms with Crippen LogP contribution in [0.4, 0.5) is 0 Å². The highest BCUT2D eigenvalue weighted by Crippen LogP contribution is 2.32. The maximum absolute atomic E-state index is 11.9. The Morgan fingerprint density at radius 1 is 1.32 bits per heavy atom. The summed E-state index contributed by atoms with van der Waals surface area (Å²) in [5.74, 6) is -0.0455.